The van der Waals surface area contributed by atoms with Gasteiger partial charge in [0.1, 0.15) is 0 Å². The zero-order valence-electron chi connectivity index (χ0n) is 11.9. The molecule has 2 aromatic rings. The number of rotatable bonds is 5. The molecule has 0 spiro atoms. The highest BCUT2D eigenvalue weighted by atomic mass is 16.5. The topological polar surface area (TPSA) is 69.7 Å². The van der Waals surface area contributed by atoms with Crippen molar-refractivity contribution in [2.24, 2.45) is 0 Å². The molecule has 0 aliphatic heterocycles. The van der Waals surface area contributed by atoms with Crippen LogP contribution in [-0.4, -0.2) is 31.4 Å². The Kier molecular flexibility index (Phi) is 5.03. The first-order chi connectivity index (χ1) is 10.6. The van der Waals surface area contributed by atoms with Crippen molar-refractivity contribution >= 4 is 17.7 Å². The maximum atomic E-state index is 12.0. The van der Waals surface area contributed by atoms with E-state index in [1.165, 1.54) is 19.2 Å². The maximum absolute atomic E-state index is 12.0. The highest BCUT2D eigenvalue weighted by Crippen LogP contribution is 2.12. The van der Waals surface area contributed by atoms with E-state index in [4.69, 9.17) is 4.74 Å². The van der Waals surface area contributed by atoms with Gasteiger partial charge in [0, 0.05) is 5.56 Å². The Morgan fingerprint density at radius 1 is 0.818 bits per heavy atom. The quantitative estimate of drug-likeness (QED) is 0.626. The Morgan fingerprint density at radius 2 is 1.36 bits per heavy atom. The SMILES string of the molecule is COC(=O)c1ccccc1C(=O)OCC(=O)c1ccccc1. The molecule has 0 heterocycles. The van der Waals surface area contributed by atoms with Crippen LogP contribution in [0.4, 0.5) is 0 Å². The van der Waals surface area contributed by atoms with E-state index in [1.54, 1.807) is 42.5 Å². The molecule has 0 saturated carbocycles. The Morgan fingerprint density at radius 3 is 1.95 bits per heavy atom. The lowest BCUT2D eigenvalue weighted by atomic mass is 10.1. The van der Waals surface area contributed by atoms with Gasteiger partial charge in [-0.15, -0.1) is 0 Å². The van der Waals surface area contributed by atoms with Crippen molar-refractivity contribution in [3.8, 4) is 0 Å². The second kappa shape index (κ2) is 7.17. The minimum Gasteiger partial charge on any atom is -0.465 e. The van der Waals surface area contributed by atoms with Crippen LogP contribution in [0.25, 0.3) is 0 Å². The minimum atomic E-state index is -0.745. The first kappa shape index (κ1) is 15.4. The van der Waals surface area contributed by atoms with E-state index < -0.39 is 18.5 Å². The highest BCUT2D eigenvalue weighted by Gasteiger charge is 2.19. The average Bonchev–Trinajstić information content (AvgIpc) is 2.59. The smallest absolute Gasteiger partial charge is 0.339 e. The van der Waals surface area contributed by atoms with Crippen LogP contribution < -0.4 is 0 Å². The molecule has 0 radical (unpaired) electrons. The molecule has 0 unspecified atom stereocenters. The van der Waals surface area contributed by atoms with Crippen molar-refractivity contribution in [2.75, 3.05) is 13.7 Å². The summed E-state index contributed by atoms with van der Waals surface area (Å²) in [5.41, 5.74) is 0.619. The number of ether oxygens (including phenoxy) is 2. The molecular weight excluding hydrogens is 284 g/mol. The van der Waals surface area contributed by atoms with Gasteiger partial charge in [-0.1, -0.05) is 42.5 Å². The molecule has 0 aliphatic rings. The lowest BCUT2D eigenvalue weighted by Crippen LogP contribution is -2.17. The lowest BCUT2D eigenvalue weighted by Gasteiger charge is -2.08. The van der Waals surface area contributed by atoms with E-state index in [2.05, 4.69) is 4.74 Å². The van der Waals surface area contributed by atoms with Gasteiger partial charge in [0.2, 0.25) is 0 Å². The Hall–Kier alpha value is -2.95. The van der Waals surface area contributed by atoms with E-state index in [1.807, 2.05) is 0 Å². The number of carbonyl (C=O) groups excluding carboxylic acids is 3. The van der Waals surface area contributed by atoms with Crippen LogP contribution in [0.2, 0.25) is 0 Å². The molecular formula is C17H14O5. The second-order valence-electron chi connectivity index (χ2n) is 4.40. The number of esters is 2. The molecule has 0 fully saturated rings. The fourth-order valence-corrected chi connectivity index (χ4v) is 1.87. The summed E-state index contributed by atoms with van der Waals surface area (Å²) in [5.74, 6) is -1.70. The van der Waals surface area contributed by atoms with Crippen molar-refractivity contribution < 1.29 is 23.9 Å². The first-order valence-electron chi connectivity index (χ1n) is 6.56. The second-order valence-corrected chi connectivity index (χ2v) is 4.40. The summed E-state index contributed by atoms with van der Waals surface area (Å²) in [7, 11) is 1.23. The normalized spacial score (nSPS) is 9.86. The van der Waals surface area contributed by atoms with E-state index in [0.717, 1.165) is 0 Å². The third kappa shape index (κ3) is 3.58. The van der Waals surface area contributed by atoms with E-state index in [-0.39, 0.29) is 16.9 Å². The van der Waals surface area contributed by atoms with Crippen molar-refractivity contribution in [3.05, 3.63) is 71.3 Å². The first-order valence-corrected chi connectivity index (χ1v) is 6.56. The number of ketones is 1. The zero-order valence-corrected chi connectivity index (χ0v) is 11.9. The van der Waals surface area contributed by atoms with Crippen molar-refractivity contribution in [3.63, 3.8) is 0 Å². The summed E-state index contributed by atoms with van der Waals surface area (Å²) >= 11 is 0. The van der Waals surface area contributed by atoms with E-state index >= 15 is 0 Å². The van der Waals surface area contributed by atoms with Crippen LogP contribution in [-0.2, 0) is 9.47 Å². The number of methoxy groups -OCH3 is 1. The van der Waals surface area contributed by atoms with Gasteiger partial charge in [0.25, 0.3) is 0 Å². The van der Waals surface area contributed by atoms with Gasteiger partial charge >= 0.3 is 11.9 Å². The minimum absolute atomic E-state index is 0.0650. The van der Waals surface area contributed by atoms with Crippen molar-refractivity contribution in [1.29, 1.82) is 0 Å². The third-order valence-electron chi connectivity index (χ3n) is 2.98. The average molecular weight is 298 g/mol. The molecule has 0 N–H and O–H groups in total. The van der Waals surface area contributed by atoms with Crippen molar-refractivity contribution in [1.82, 2.24) is 0 Å². The standard InChI is InChI=1S/C17H14O5/c1-21-16(19)13-9-5-6-10-14(13)17(20)22-11-15(18)12-7-3-2-4-8-12/h2-10H,11H2,1H3. The molecule has 5 heteroatoms. The highest BCUT2D eigenvalue weighted by molar-refractivity contribution is 6.04. The molecule has 0 atom stereocenters. The van der Waals surface area contributed by atoms with Crippen LogP contribution in [0.5, 0.6) is 0 Å². The van der Waals surface area contributed by atoms with Crippen LogP contribution in [0.1, 0.15) is 31.1 Å². The van der Waals surface area contributed by atoms with Gasteiger partial charge in [0.05, 0.1) is 18.2 Å². The molecule has 0 aliphatic carbocycles. The van der Waals surface area contributed by atoms with E-state index in [0.29, 0.717) is 5.56 Å². The number of carbonyl (C=O) groups is 3. The summed E-state index contributed by atoms with van der Waals surface area (Å²) in [6.45, 7) is -0.391. The number of Topliss-reactive ketones (excluding diaryl/α,β-unsaturated/α-hetero) is 1. The fraction of sp³-hybridized carbons (Fsp3) is 0.118. The summed E-state index contributed by atoms with van der Waals surface area (Å²) in [5, 5.41) is 0. The van der Waals surface area contributed by atoms with Gasteiger partial charge in [-0.25, -0.2) is 9.59 Å². The molecule has 0 aromatic heterocycles. The maximum Gasteiger partial charge on any atom is 0.339 e. The summed E-state index contributed by atoms with van der Waals surface area (Å²) in [4.78, 5) is 35.5. The van der Waals surface area contributed by atoms with Crippen LogP contribution >= 0.6 is 0 Å². The Bertz CT molecular complexity index is 691. The Labute approximate surface area is 127 Å². The largest absolute Gasteiger partial charge is 0.465 e. The molecule has 0 amide bonds. The van der Waals surface area contributed by atoms with Gasteiger partial charge in [-0.3, -0.25) is 4.79 Å². The summed E-state index contributed by atoms with van der Waals surface area (Å²) in [6, 6.07) is 14.6. The molecule has 5 nitrogen and oxygen atoms in total. The monoisotopic (exact) mass is 298 g/mol. The van der Waals surface area contributed by atoms with Gasteiger partial charge in [-0.05, 0) is 12.1 Å². The summed E-state index contributed by atoms with van der Waals surface area (Å²) < 4.78 is 9.59. The summed E-state index contributed by atoms with van der Waals surface area (Å²) in [6.07, 6.45) is 0. The van der Waals surface area contributed by atoms with E-state index in [9.17, 15) is 14.4 Å². The molecule has 0 saturated heterocycles. The van der Waals surface area contributed by atoms with Crippen molar-refractivity contribution in [2.45, 2.75) is 0 Å². The van der Waals surface area contributed by atoms with Crippen LogP contribution in [0.3, 0.4) is 0 Å². The van der Waals surface area contributed by atoms with Gasteiger partial charge in [0.15, 0.2) is 12.4 Å². The number of benzene rings is 2. The third-order valence-corrected chi connectivity index (χ3v) is 2.98. The molecule has 112 valence electrons. The molecule has 22 heavy (non-hydrogen) atoms. The fourth-order valence-electron chi connectivity index (χ4n) is 1.87. The van der Waals surface area contributed by atoms with Crippen LogP contribution in [0.15, 0.2) is 54.6 Å². The van der Waals surface area contributed by atoms with Gasteiger partial charge < -0.3 is 9.47 Å². The lowest BCUT2D eigenvalue weighted by molar-refractivity contribution is 0.0463. The molecule has 2 rings (SSSR count). The molecule has 2 aromatic carbocycles. The predicted octanol–water partition coefficient (Wildman–Crippen LogP) is 2.51. The zero-order chi connectivity index (χ0) is 15.9. The Balaban J connectivity index is 2.07. The van der Waals surface area contributed by atoms with Gasteiger partial charge in [-0.2, -0.15) is 0 Å². The number of hydrogen-bond donors (Lipinski definition) is 0. The molecule has 0 bridgehead atoms. The predicted molar refractivity (Wildman–Crippen MR) is 78.8 cm³/mol. The number of hydrogen-bond acceptors (Lipinski definition) is 5. The van der Waals surface area contributed by atoms with Crippen LogP contribution in [0, 0.1) is 0 Å².